The van der Waals surface area contributed by atoms with Crippen LogP contribution in [0.4, 0.5) is 11.4 Å². The molecule has 3 N–H and O–H groups in total. The zero-order valence-corrected chi connectivity index (χ0v) is 13.4. The summed E-state index contributed by atoms with van der Waals surface area (Å²) in [5, 5.41) is 3.38. The van der Waals surface area contributed by atoms with Crippen LogP contribution in [0.1, 0.15) is 27.2 Å². The number of hydrogen-bond donors (Lipinski definition) is 2. The number of amides is 1. The highest BCUT2D eigenvalue weighted by atomic mass is 35.5. The minimum absolute atomic E-state index is 0.0785. The second kappa shape index (κ2) is 7.50. The van der Waals surface area contributed by atoms with Crippen molar-refractivity contribution in [3.63, 3.8) is 0 Å². The first-order valence-corrected chi connectivity index (χ1v) is 7.25. The van der Waals surface area contributed by atoms with E-state index < -0.39 is 0 Å². The summed E-state index contributed by atoms with van der Waals surface area (Å²) < 4.78 is 0. The molecule has 0 saturated carbocycles. The summed E-state index contributed by atoms with van der Waals surface area (Å²) in [7, 11) is 1.95. The van der Waals surface area contributed by atoms with E-state index in [-0.39, 0.29) is 11.9 Å². The molecule has 0 radical (unpaired) electrons. The molecular formula is C15H24ClN3O. The van der Waals surface area contributed by atoms with E-state index in [1.165, 1.54) is 0 Å². The number of halogens is 1. The number of nitrogen functional groups attached to an aromatic ring is 1. The number of nitrogens with zero attached hydrogens (tertiary/aromatic N) is 1. The maximum Gasteiger partial charge on any atom is 0.241 e. The number of hydrogen-bond acceptors (Lipinski definition) is 3. The highest BCUT2D eigenvalue weighted by molar-refractivity contribution is 6.31. The smallest absolute Gasteiger partial charge is 0.241 e. The zero-order chi connectivity index (χ0) is 15.3. The Morgan fingerprint density at radius 1 is 1.40 bits per heavy atom. The molecule has 0 heterocycles. The molecule has 0 saturated heterocycles. The quantitative estimate of drug-likeness (QED) is 0.793. The number of nitrogens with two attached hydrogens (primary N) is 1. The number of benzene rings is 1. The van der Waals surface area contributed by atoms with E-state index in [4.69, 9.17) is 17.3 Å². The first kappa shape index (κ1) is 16.8. The van der Waals surface area contributed by atoms with Crippen molar-refractivity contribution in [2.45, 2.75) is 33.2 Å². The third-order valence-corrected chi connectivity index (χ3v) is 3.61. The number of likely N-dealkylation sites (N-methyl/N-ethyl adjacent to an activating group) is 1. The summed E-state index contributed by atoms with van der Waals surface area (Å²) in [6.45, 7) is 7.12. The van der Waals surface area contributed by atoms with Crippen LogP contribution in [0.5, 0.6) is 0 Å². The lowest BCUT2D eigenvalue weighted by Gasteiger charge is -2.24. The minimum Gasteiger partial charge on any atom is -0.397 e. The van der Waals surface area contributed by atoms with Gasteiger partial charge in [0.15, 0.2) is 0 Å². The lowest BCUT2D eigenvalue weighted by atomic mass is 10.1. The number of nitrogens with one attached hydrogen (secondary N) is 1. The molecule has 1 atom stereocenters. The van der Waals surface area contributed by atoms with Crippen LogP contribution in [0.2, 0.25) is 5.02 Å². The lowest BCUT2D eigenvalue weighted by molar-refractivity contribution is -0.120. The Balaban J connectivity index is 2.63. The molecule has 1 rings (SSSR count). The van der Waals surface area contributed by atoms with Gasteiger partial charge in [-0.3, -0.25) is 9.69 Å². The van der Waals surface area contributed by atoms with E-state index in [9.17, 15) is 4.79 Å². The Hall–Kier alpha value is -1.26. The van der Waals surface area contributed by atoms with Gasteiger partial charge in [-0.2, -0.15) is 0 Å². The predicted molar refractivity (Wildman–Crippen MR) is 86.0 cm³/mol. The summed E-state index contributed by atoms with van der Waals surface area (Å²) in [6, 6.07) is 4.83. The van der Waals surface area contributed by atoms with Crippen LogP contribution in [0, 0.1) is 5.92 Å². The summed E-state index contributed by atoms with van der Waals surface area (Å²) in [5.74, 6) is 0.543. The van der Waals surface area contributed by atoms with Gasteiger partial charge in [0.2, 0.25) is 5.91 Å². The summed E-state index contributed by atoms with van der Waals surface area (Å²) >= 11 is 5.91. The van der Waals surface area contributed by atoms with Crippen molar-refractivity contribution in [1.82, 2.24) is 4.90 Å². The third kappa shape index (κ3) is 5.02. The molecule has 0 fully saturated rings. The van der Waals surface area contributed by atoms with Gasteiger partial charge in [0, 0.05) is 5.02 Å². The molecule has 1 amide bonds. The van der Waals surface area contributed by atoms with Crippen molar-refractivity contribution in [2.75, 3.05) is 24.6 Å². The van der Waals surface area contributed by atoms with E-state index >= 15 is 0 Å². The fourth-order valence-corrected chi connectivity index (χ4v) is 1.90. The molecule has 1 unspecified atom stereocenters. The van der Waals surface area contributed by atoms with Gasteiger partial charge in [0.1, 0.15) is 0 Å². The Morgan fingerprint density at radius 2 is 2.05 bits per heavy atom. The topological polar surface area (TPSA) is 58.4 Å². The third-order valence-electron chi connectivity index (χ3n) is 3.37. The van der Waals surface area contributed by atoms with E-state index in [0.29, 0.717) is 22.3 Å². The van der Waals surface area contributed by atoms with Gasteiger partial charge in [0.25, 0.3) is 0 Å². The Labute approximate surface area is 126 Å². The molecule has 0 bridgehead atoms. The number of anilines is 2. The van der Waals surface area contributed by atoms with Crippen molar-refractivity contribution < 1.29 is 4.79 Å². The van der Waals surface area contributed by atoms with Gasteiger partial charge < -0.3 is 11.1 Å². The number of carbonyl (C=O) groups is 1. The first-order chi connectivity index (χ1) is 9.31. The van der Waals surface area contributed by atoms with Crippen molar-refractivity contribution >= 4 is 28.9 Å². The van der Waals surface area contributed by atoms with Crippen LogP contribution in [0.25, 0.3) is 0 Å². The highest BCUT2D eigenvalue weighted by Crippen LogP contribution is 2.23. The van der Waals surface area contributed by atoms with Crippen molar-refractivity contribution in [1.29, 1.82) is 0 Å². The lowest BCUT2D eigenvalue weighted by Crippen LogP contribution is -2.40. The molecular weight excluding hydrogens is 274 g/mol. The van der Waals surface area contributed by atoms with Crippen LogP contribution in [-0.4, -0.2) is 30.4 Å². The second-order valence-electron chi connectivity index (χ2n) is 5.56. The first-order valence-electron chi connectivity index (χ1n) is 6.87. The van der Waals surface area contributed by atoms with Gasteiger partial charge in [-0.05, 0) is 51.1 Å². The van der Waals surface area contributed by atoms with Gasteiger partial charge in [-0.25, -0.2) is 0 Å². The maximum absolute atomic E-state index is 12.2. The fraction of sp³-hybridized carbons (Fsp3) is 0.533. The molecule has 1 aromatic carbocycles. The van der Waals surface area contributed by atoms with E-state index in [1.54, 1.807) is 18.2 Å². The predicted octanol–water partition coefficient (Wildman–Crippen LogP) is 3.23. The maximum atomic E-state index is 12.2. The molecule has 0 aromatic heterocycles. The minimum atomic E-state index is -0.216. The number of carbonyl (C=O) groups excluding carboxylic acids is 1. The van der Waals surface area contributed by atoms with Crippen LogP contribution in [0.3, 0.4) is 0 Å². The molecule has 4 nitrogen and oxygen atoms in total. The van der Waals surface area contributed by atoms with Gasteiger partial charge in [0.05, 0.1) is 17.4 Å². The summed E-state index contributed by atoms with van der Waals surface area (Å²) in [4.78, 5) is 14.2. The normalized spacial score (nSPS) is 12.8. The van der Waals surface area contributed by atoms with Crippen molar-refractivity contribution in [3.05, 3.63) is 23.2 Å². The molecule has 0 aliphatic carbocycles. The van der Waals surface area contributed by atoms with Crippen LogP contribution >= 0.6 is 11.6 Å². The molecule has 20 heavy (non-hydrogen) atoms. The van der Waals surface area contributed by atoms with Crippen molar-refractivity contribution in [2.24, 2.45) is 5.92 Å². The zero-order valence-electron chi connectivity index (χ0n) is 12.6. The second-order valence-corrected chi connectivity index (χ2v) is 6.00. The van der Waals surface area contributed by atoms with Gasteiger partial charge in [-0.1, -0.05) is 25.4 Å². The van der Waals surface area contributed by atoms with Gasteiger partial charge >= 0.3 is 0 Å². The average molecular weight is 298 g/mol. The molecule has 0 aliphatic rings. The molecule has 0 aliphatic heterocycles. The van der Waals surface area contributed by atoms with E-state index in [1.807, 2.05) is 18.9 Å². The van der Waals surface area contributed by atoms with Crippen LogP contribution in [0.15, 0.2) is 18.2 Å². The molecule has 112 valence electrons. The van der Waals surface area contributed by atoms with Crippen LogP contribution in [-0.2, 0) is 4.79 Å². The van der Waals surface area contributed by atoms with Crippen molar-refractivity contribution in [3.8, 4) is 0 Å². The SMILES string of the molecule is CC(C)CCN(C)C(C)C(=O)Nc1cc(Cl)ccc1N. The van der Waals surface area contributed by atoms with Gasteiger partial charge in [-0.15, -0.1) is 0 Å². The average Bonchev–Trinajstić information content (AvgIpc) is 2.39. The molecule has 5 heteroatoms. The molecule has 1 aromatic rings. The monoisotopic (exact) mass is 297 g/mol. The Kier molecular flexibility index (Phi) is 6.30. The Morgan fingerprint density at radius 3 is 2.65 bits per heavy atom. The largest absolute Gasteiger partial charge is 0.397 e. The summed E-state index contributed by atoms with van der Waals surface area (Å²) in [6.07, 6.45) is 1.06. The standard InChI is InChI=1S/C15H24ClN3O/c1-10(2)7-8-19(4)11(3)15(20)18-14-9-12(16)5-6-13(14)17/h5-6,9-11H,7-8,17H2,1-4H3,(H,18,20). The Bertz CT molecular complexity index is 462. The highest BCUT2D eigenvalue weighted by Gasteiger charge is 2.18. The molecule has 0 spiro atoms. The fourth-order valence-electron chi connectivity index (χ4n) is 1.73. The van der Waals surface area contributed by atoms with Crippen LogP contribution < -0.4 is 11.1 Å². The number of rotatable bonds is 6. The summed E-state index contributed by atoms with van der Waals surface area (Å²) in [5.41, 5.74) is 6.90. The van der Waals surface area contributed by atoms with E-state index in [2.05, 4.69) is 19.2 Å². The van der Waals surface area contributed by atoms with E-state index in [0.717, 1.165) is 13.0 Å².